The molecule has 0 spiro atoms. The minimum atomic E-state index is 0.0411. The number of amides is 1. The van der Waals surface area contributed by atoms with Crippen LogP contribution in [0.1, 0.15) is 6.42 Å². The maximum absolute atomic E-state index is 11.8. The van der Waals surface area contributed by atoms with Crippen molar-refractivity contribution in [2.45, 2.75) is 12.5 Å². The Morgan fingerprint density at radius 2 is 2.39 bits per heavy atom. The smallest absolute Gasteiger partial charge is 0.226 e. The Hall–Kier alpha value is -1.75. The number of morpholine rings is 1. The van der Waals surface area contributed by atoms with Gasteiger partial charge in [0.05, 0.1) is 37.7 Å². The molecule has 2 heterocycles. The lowest BCUT2D eigenvalue weighted by molar-refractivity contribution is -0.116. The number of rotatable bonds is 1. The van der Waals surface area contributed by atoms with Crippen molar-refractivity contribution in [1.29, 1.82) is 0 Å². The first kappa shape index (κ1) is 11.3. The summed E-state index contributed by atoms with van der Waals surface area (Å²) in [5.41, 5.74) is 1.87. The van der Waals surface area contributed by atoms with Gasteiger partial charge in [0.2, 0.25) is 5.91 Å². The molecule has 1 unspecified atom stereocenters. The topological polar surface area (TPSA) is 50.8 Å². The summed E-state index contributed by atoms with van der Waals surface area (Å²) in [6.45, 7) is 2.10. The number of carbonyl (C=O) groups is 1. The molecule has 1 atom stereocenters. The Morgan fingerprint density at radius 3 is 3.22 bits per heavy atom. The lowest BCUT2D eigenvalue weighted by atomic mass is 10.1. The third kappa shape index (κ3) is 1.90. The van der Waals surface area contributed by atoms with Gasteiger partial charge in [0.25, 0.3) is 0 Å². The van der Waals surface area contributed by atoms with Crippen LogP contribution < -0.4 is 15.0 Å². The molecule has 1 N–H and O–H groups in total. The first-order valence-corrected chi connectivity index (χ1v) is 6.10. The number of fused-ring (bicyclic) bond motifs is 3. The number of hydrogen-bond acceptors (Lipinski definition) is 4. The molecular formula is C13H16N2O3. The van der Waals surface area contributed by atoms with Gasteiger partial charge in [0.15, 0.2) is 0 Å². The predicted molar refractivity (Wildman–Crippen MR) is 68.2 cm³/mol. The average molecular weight is 248 g/mol. The summed E-state index contributed by atoms with van der Waals surface area (Å²) in [7, 11) is 1.65. The van der Waals surface area contributed by atoms with Crippen molar-refractivity contribution >= 4 is 17.3 Å². The Morgan fingerprint density at radius 1 is 1.50 bits per heavy atom. The summed E-state index contributed by atoms with van der Waals surface area (Å²) < 4.78 is 10.7. The molecule has 3 rings (SSSR count). The third-order valence-electron chi connectivity index (χ3n) is 3.44. The molecule has 1 aromatic carbocycles. The summed E-state index contributed by atoms with van der Waals surface area (Å²) in [5, 5.41) is 2.94. The highest BCUT2D eigenvalue weighted by Gasteiger charge is 2.30. The van der Waals surface area contributed by atoms with Gasteiger partial charge in [0.1, 0.15) is 5.75 Å². The molecule has 5 nitrogen and oxygen atoms in total. The minimum Gasteiger partial charge on any atom is -0.497 e. The molecule has 18 heavy (non-hydrogen) atoms. The second-order valence-electron chi connectivity index (χ2n) is 4.56. The third-order valence-corrected chi connectivity index (χ3v) is 3.44. The zero-order valence-electron chi connectivity index (χ0n) is 10.3. The molecule has 1 aromatic rings. The number of anilines is 2. The van der Waals surface area contributed by atoms with E-state index in [1.807, 2.05) is 18.2 Å². The molecule has 0 saturated carbocycles. The van der Waals surface area contributed by atoms with E-state index in [2.05, 4.69) is 10.2 Å². The highest BCUT2D eigenvalue weighted by Crippen LogP contribution is 2.35. The number of nitrogens with one attached hydrogen (secondary N) is 1. The number of carbonyl (C=O) groups excluding carboxylic acids is 1. The van der Waals surface area contributed by atoms with Gasteiger partial charge in [0, 0.05) is 19.0 Å². The molecule has 0 radical (unpaired) electrons. The van der Waals surface area contributed by atoms with Crippen molar-refractivity contribution in [3.8, 4) is 5.75 Å². The summed E-state index contributed by atoms with van der Waals surface area (Å²) in [4.78, 5) is 14.1. The van der Waals surface area contributed by atoms with Crippen molar-refractivity contribution in [2.24, 2.45) is 0 Å². The summed E-state index contributed by atoms with van der Waals surface area (Å²) >= 11 is 0. The summed E-state index contributed by atoms with van der Waals surface area (Å²) in [5.74, 6) is 0.842. The van der Waals surface area contributed by atoms with Crippen LogP contribution in [0.4, 0.5) is 11.4 Å². The van der Waals surface area contributed by atoms with Crippen LogP contribution in [0.2, 0.25) is 0 Å². The van der Waals surface area contributed by atoms with Gasteiger partial charge in [-0.2, -0.15) is 0 Å². The molecule has 2 aliphatic rings. The normalized spacial score (nSPS) is 22.6. The molecule has 1 amide bonds. The van der Waals surface area contributed by atoms with Crippen LogP contribution in [0, 0.1) is 0 Å². The van der Waals surface area contributed by atoms with Crippen molar-refractivity contribution in [2.75, 3.05) is 37.1 Å². The van der Waals surface area contributed by atoms with Crippen LogP contribution in [0.25, 0.3) is 0 Å². The number of benzene rings is 1. The maximum atomic E-state index is 11.8. The fourth-order valence-electron chi connectivity index (χ4n) is 2.54. The zero-order valence-corrected chi connectivity index (χ0v) is 10.3. The van der Waals surface area contributed by atoms with Gasteiger partial charge in [-0.1, -0.05) is 0 Å². The monoisotopic (exact) mass is 248 g/mol. The van der Waals surface area contributed by atoms with Crippen LogP contribution in [-0.4, -0.2) is 38.8 Å². The van der Waals surface area contributed by atoms with E-state index in [-0.39, 0.29) is 11.9 Å². The number of ether oxygens (including phenoxy) is 2. The number of nitrogens with zero attached hydrogens (tertiary/aromatic N) is 1. The van der Waals surface area contributed by atoms with Gasteiger partial charge in [-0.05, 0) is 12.1 Å². The van der Waals surface area contributed by atoms with Gasteiger partial charge in [-0.3, -0.25) is 4.79 Å². The van der Waals surface area contributed by atoms with Crippen molar-refractivity contribution in [1.82, 2.24) is 0 Å². The highest BCUT2D eigenvalue weighted by atomic mass is 16.5. The Balaban J connectivity index is 2.05. The summed E-state index contributed by atoms with van der Waals surface area (Å²) in [6, 6.07) is 5.84. The van der Waals surface area contributed by atoms with Crippen molar-refractivity contribution in [3.63, 3.8) is 0 Å². The quantitative estimate of drug-likeness (QED) is 0.812. The van der Waals surface area contributed by atoms with Gasteiger partial charge in [-0.15, -0.1) is 0 Å². The molecule has 5 heteroatoms. The average Bonchev–Trinajstić information content (AvgIpc) is 2.53. The molecule has 0 bridgehead atoms. The van der Waals surface area contributed by atoms with E-state index < -0.39 is 0 Å². The van der Waals surface area contributed by atoms with Gasteiger partial charge in [-0.25, -0.2) is 0 Å². The number of methoxy groups -OCH3 is 1. The SMILES string of the molecule is COc1ccc2c(c1)N1CCOCC1CC(=O)N2. The maximum Gasteiger partial charge on any atom is 0.226 e. The Bertz CT molecular complexity index is 475. The van der Waals surface area contributed by atoms with Gasteiger partial charge >= 0.3 is 0 Å². The number of hydrogen-bond donors (Lipinski definition) is 1. The standard InChI is InChI=1S/C13H16N2O3/c1-17-10-2-3-11-12(7-10)15-4-5-18-8-9(15)6-13(16)14-11/h2-3,7,9H,4-6,8H2,1H3,(H,14,16). The van der Waals surface area contributed by atoms with E-state index in [1.54, 1.807) is 7.11 Å². The van der Waals surface area contributed by atoms with Crippen LogP contribution >= 0.6 is 0 Å². The minimum absolute atomic E-state index is 0.0411. The molecule has 1 saturated heterocycles. The fraction of sp³-hybridized carbons (Fsp3) is 0.462. The van der Waals surface area contributed by atoms with E-state index in [9.17, 15) is 4.79 Å². The van der Waals surface area contributed by atoms with E-state index in [0.717, 1.165) is 23.7 Å². The van der Waals surface area contributed by atoms with E-state index >= 15 is 0 Å². The highest BCUT2D eigenvalue weighted by molar-refractivity contribution is 5.97. The molecule has 0 aliphatic carbocycles. The predicted octanol–water partition coefficient (Wildman–Crippen LogP) is 1.24. The lowest BCUT2D eigenvalue weighted by Gasteiger charge is -2.36. The molecule has 96 valence electrons. The summed E-state index contributed by atoms with van der Waals surface area (Å²) in [6.07, 6.45) is 0.469. The second-order valence-corrected chi connectivity index (χ2v) is 4.56. The van der Waals surface area contributed by atoms with Crippen LogP contribution in [0.5, 0.6) is 5.75 Å². The molecule has 2 aliphatic heterocycles. The molecular weight excluding hydrogens is 232 g/mol. The lowest BCUT2D eigenvalue weighted by Crippen LogP contribution is -2.45. The van der Waals surface area contributed by atoms with E-state index in [1.165, 1.54) is 0 Å². The Kier molecular flexibility index (Phi) is 2.83. The van der Waals surface area contributed by atoms with Crippen LogP contribution in [0.3, 0.4) is 0 Å². The van der Waals surface area contributed by atoms with E-state index in [0.29, 0.717) is 19.6 Å². The molecule has 0 aromatic heterocycles. The molecule has 1 fully saturated rings. The van der Waals surface area contributed by atoms with E-state index in [4.69, 9.17) is 9.47 Å². The first-order chi connectivity index (χ1) is 8.78. The zero-order chi connectivity index (χ0) is 12.5. The van der Waals surface area contributed by atoms with Crippen molar-refractivity contribution < 1.29 is 14.3 Å². The Labute approximate surface area is 106 Å². The largest absolute Gasteiger partial charge is 0.497 e. The van der Waals surface area contributed by atoms with Crippen LogP contribution in [-0.2, 0) is 9.53 Å². The van der Waals surface area contributed by atoms with Crippen molar-refractivity contribution in [3.05, 3.63) is 18.2 Å². The van der Waals surface area contributed by atoms with Crippen LogP contribution in [0.15, 0.2) is 18.2 Å². The fourth-order valence-corrected chi connectivity index (χ4v) is 2.54. The van der Waals surface area contributed by atoms with Gasteiger partial charge < -0.3 is 19.7 Å². The first-order valence-electron chi connectivity index (χ1n) is 6.10. The second kappa shape index (κ2) is 4.49.